The van der Waals surface area contributed by atoms with Gasteiger partial charge in [-0.15, -0.1) is 0 Å². The maximum atomic E-state index is 12.4. The summed E-state index contributed by atoms with van der Waals surface area (Å²) in [5.74, 6) is -0.805. The Morgan fingerprint density at radius 3 is 2.72 bits per heavy atom. The molecule has 0 aliphatic carbocycles. The first kappa shape index (κ1) is 17.0. The fraction of sp³-hybridized carbons (Fsp3) is 0.263. The molecule has 2 aromatic carbocycles. The highest BCUT2D eigenvalue weighted by Gasteiger charge is 2.25. The van der Waals surface area contributed by atoms with Crippen LogP contribution in [0.25, 0.3) is 0 Å². The Labute approximate surface area is 146 Å². The average Bonchev–Trinajstić information content (AvgIpc) is 3.08. The first-order valence-corrected chi connectivity index (χ1v) is 8.20. The van der Waals surface area contributed by atoms with Crippen LogP contribution in [0.4, 0.5) is 11.4 Å². The molecule has 0 radical (unpaired) electrons. The van der Waals surface area contributed by atoms with E-state index in [2.05, 4.69) is 5.32 Å². The van der Waals surface area contributed by atoms with E-state index in [-0.39, 0.29) is 19.1 Å². The van der Waals surface area contributed by atoms with Gasteiger partial charge in [-0.1, -0.05) is 30.3 Å². The van der Waals surface area contributed by atoms with Crippen LogP contribution < -0.4 is 10.2 Å². The SMILES string of the molecule is O=C(OCC(=O)N1CCc2ccccc21)c1ccccc1NCCO. The fourth-order valence-corrected chi connectivity index (χ4v) is 2.89. The van der Waals surface area contributed by atoms with Crippen molar-refractivity contribution < 1.29 is 19.4 Å². The van der Waals surface area contributed by atoms with Crippen molar-refractivity contribution in [2.24, 2.45) is 0 Å². The molecule has 0 spiro atoms. The normalized spacial score (nSPS) is 12.6. The molecule has 130 valence electrons. The molecular weight excluding hydrogens is 320 g/mol. The number of rotatable bonds is 6. The molecular formula is C19H20N2O4. The highest BCUT2D eigenvalue weighted by molar-refractivity contribution is 6.00. The molecule has 6 nitrogen and oxygen atoms in total. The number of amides is 1. The summed E-state index contributed by atoms with van der Waals surface area (Å²) in [7, 11) is 0. The minimum absolute atomic E-state index is 0.0454. The summed E-state index contributed by atoms with van der Waals surface area (Å²) in [4.78, 5) is 26.4. The second-order valence-corrected chi connectivity index (χ2v) is 5.70. The van der Waals surface area contributed by atoms with Gasteiger partial charge in [-0.05, 0) is 30.2 Å². The number of carbonyl (C=O) groups is 2. The molecule has 3 rings (SSSR count). The summed E-state index contributed by atoms with van der Waals surface area (Å²) in [5.41, 5.74) is 2.92. The van der Waals surface area contributed by atoms with Gasteiger partial charge in [-0.3, -0.25) is 4.79 Å². The molecule has 1 heterocycles. The number of aliphatic hydroxyl groups excluding tert-OH is 1. The predicted octanol–water partition coefficient (Wildman–Crippen LogP) is 1.84. The number of carbonyl (C=O) groups excluding carboxylic acids is 2. The van der Waals surface area contributed by atoms with E-state index < -0.39 is 5.97 Å². The second kappa shape index (κ2) is 7.81. The van der Waals surface area contributed by atoms with Gasteiger partial charge in [-0.25, -0.2) is 4.79 Å². The molecule has 0 aromatic heterocycles. The van der Waals surface area contributed by atoms with Crippen molar-refractivity contribution in [1.82, 2.24) is 0 Å². The van der Waals surface area contributed by atoms with E-state index in [4.69, 9.17) is 9.84 Å². The third kappa shape index (κ3) is 3.80. The van der Waals surface area contributed by atoms with Crippen molar-refractivity contribution in [3.8, 4) is 0 Å². The molecule has 6 heteroatoms. The number of para-hydroxylation sites is 2. The number of benzene rings is 2. The van der Waals surface area contributed by atoms with Crippen molar-refractivity contribution in [3.05, 3.63) is 59.7 Å². The third-order valence-corrected chi connectivity index (χ3v) is 4.09. The Balaban J connectivity index is 1.62. The maximum Gasteiger partial charge on any atom is 0.340 e. The number of nitrogens with one attached hydrogen (secondary N) is 1. The van der Waals surface area contributed by atoms with Gasteiger partial charge in [0.2, 0.25) is 0 Å². The summed E-state index contributed by atoms with van der Waals surface area (Å²) in [6.45, 7) is 0.579. The smallest absolute Gasteiger partial charge is 0.340 e. The Morgan fingerprint density at radius 1 is 1.12 bits per heavy atom. The highest BCUT2D eigenvalue weighted by Crippen LogP contribution is 2.27. The number of fused-ring (bicyclic) bond motifs is 1. The van der Waals surface area contributed by atoms with Gasteiger partial charge >= 0.3 is 5.97 Å². The van der Waals surface area contributed by atoms with E-state index in [0.717, 1.165) is 17.7 Å². The summed E-state index contributed by atoms with van der Waals surface area (Å²) in [6.07, 6.45) is 0.809. The summed E-state index contributed by atoms with van der Waals surface area (Å²) >= 11 is 0. The predicted molar refractivity (Wildman–Crippen MR) is 94.8 cm³/mol. The molecule has 2 aromatic rings. The topological polar surface area (TPSA) is 78.9 Å². The zero-order chi connectivity index (χ0) is 17.6. The molecule has 0 atom stereocenters. The van der Waals surface area contributed by atoms with Gasteiger partial charge in [0, 0.05) is 24.5 Å². The van der Waals surface area contributed by atoms with Crippen molar-refractivity contribution in [3.63, 3.8) is 0 Å². The van der Waals surface area contributed by atoms with Crippen LogP contribution in [0.2, 0.25) is 0 Å². The Hall–Kier alpha value is -2.86. The van der Waals surface area contributed by atoms with Gasteiger partial charge in [0.25, 0.3) is 5.91 Å². The van der Waals surface area contributed by atoms with Crippen LogP contribution in [0.1, 0.15) is 15.9 Å². The number of ether oxygens (including phenoxy) is 1. The number of aliphatic hydroxyl groups is 1. The maximum absolute atomic E-state index is 12.4. The van der Waals surface area contributed by atoms with Crippen molar-refractivity contribution in [1.29, 1.82) is 0 Å². The van der Waals surface area contributed by atoms with Gasteiger partial charge in [-0.2, -0.15) is 0 Å². The third-order valence-electron chi connectivity index (χ3n) is 4.09. The largest absolute Gasteiger partial charge is 0.452 e. The van der Waals surface area contributed by atoms with Crippen molar-refractivity contribution in [2.75, 3.05) is 36.5 Å². The zero-order valence-corrected chi connectivity index (χ0v) is 13.8. The first-order valence-electron chi connectivity index (χ1n) is 8.20. The number of hydrogen-bond acceptors (Lipinski definition) is 5. The molecule has 2 N–H and O–H groups in total. The van der Waals surface area contributed by atoms with E-state index in [9.17, 15) is 9.59 Å². The quantitative estimate of drug-likeness (QED) is 0.785. The number of anilines is 2. The Kier molecular flexibility index (Phi) is 5.30. The molecule has 1 aliphatic rings. The molecule has 25 heavy (non-hydrogen) atoms. The van der Waals surface area contributed by atoms with Gasteiger partial charge in [0.15, 0.2) is 6.61 Å². The fourth-order valence-electron chi connectivity index (χ4n) is 2.89. The standard InChI is InChI=1S/C19H20N2O4/c22-12-10-20-16-7-3-2-6-15(16)19(24)25-13-18(23)21-11-9-14-5-1-4-8-17(14)21/h1-8,20,22H,9-13H2. The lowest BCUT2D eigenvalue weighted by Crippen LogP contribution is -2.33. The van der Waals surface area contributed by atoms with Crippen molar-refractivity contribution in [2.45, 2.75) is 6.42 Å². The number of nitrogens with zero attached hydrogens (tertiary/aromatic N) is 1. The molecule has 0 saturated heterocycles. The van der Waals surface area contributed by atoms with E-state index in [1.807, 2.05) is 24.3 Å². The van der Waals surface area contributed by atoms with E-state index in [1.54, 1.807) is 29.2 Å². The summed E-state index contributed by atoms with van der Waals surface area (Å²) < 4.78 is 5.21. The van der Waals surface area contributed by atoms with E-state index >= 15 is 0 Å². The Bertz CT molecular complexity index is 776. The molecule has 1 aliphatic heterocycles. The van der Waals surface area contributed by atoms with Gasteiger partial charge < -0.3 is 20.1 Å². The van der Waals surface area contributed by atoms with Gasteiger partial charge in [0.1, 0.15) is 0 Å². The summed E-state index contributed by atoms with van der Waals surface area (Å²) in [6, 6.07) is 14.6. The second-order valence-electron chi connectivity index (χ2n) is 5.70. The van der Waals surface area contributed by atoms with Crippen LogP contribution in [0, 0.1) is 0 Å². The molecule has 1 amide bonds. The number of hydrogen-bond donors (Lipinski definition) is 2. The van der Waals surface area contributed by atoms with Gasteiger partial charge in [0.05, 0.1) is 12.2 Å². The van der Waals surface area contributed by atoms with Crippen LogP contribution in [0.15, 0.2) is 48.5 Å². The minimum Gasteiger partial charge on any atom is -0.452 e. The highest BCUT2D eigenvalue weighted by atomic mass is 16.5. The Morgan fingerprint density at radius 2 is 1.88 bits per heavy atom. The van der Waals surface area contributed by atoms with Crippen LogP contribution in [-0.2, 0) is 16.0 Å². The zero-order valence-electron chi connectivity index (χ0n) is 13.8. The van der Waals surface area contributed by atoms with E-state index in [1.165, 1.54) is 0 Å². The minimum atomic E-state index is -0.568. The summed E-state index contributed by atoms with van der Waals surface area (Å²) in [5, 5.41) is 11.9. The molecule has 0 saturated carbocycles. The lowest BCUT2D eigenvalue weighted by atomic mass is 10.2. The van der Waals surface area contributed by atoms with E-state index in [0.29, 0.717) is 24.3 Å². The van der Waals surface area contributed by atoms with Crippen LogP contribution in [-0.4, -0.2) is 43.3 Å². The van der Waals surface area contributed by atoms with Crippen LogP contribution in [0.3, 0.4) is 0 Å². The van der Waals surface area contributed by atoms with Crippen LogP contribution in [0.5, 0.6) is 0 Å². The van der Waals surface area contributed by atoms with Crippen LogP contribution >= 0.6 is 0 Å². The first-order chi connectivity index (χ1) is 12.2. The average molecular weight is 340 g/mol. The van der Waals surface area contributed by atoms with Crippen molar-refractivity contribution >= 4 is 23.3 Å². The molecule has 0 bridgehead atoms. The number of esters is 1. The monoisotopic (exact) mass is 340 g/mol. The molecule has 0 fully saturated rings. The molecule has 0 unspecified atom stereocenters. The lowest BCUT2D eigenvalue weighted by Gasteiger charge is -2.17. The lowest BCUT2D eigenvalue weighted by molar-refractivity contribution is -0.121.